The molecule has 0 aliphatic heterocycles. The molecule has 1 atom stereocenters. The van der Waals surface area contributed by atoms with Crippen molar-refractivity contribution in [3.05, 3.63) is 24.8 Å². The molecule has 103 valence electrons. The zero-order valence-electron chi connectivity index (χ0n) is 12.3. The topological polar surface area (TPSA) is 39.9 Å². The van der Waals surface area contributed by atoms with Gasteiger partial charge in [-0.05, 0) is 24.6 Å². The summed E-state index contributed by atoms with van der Waals surface area (Å²) in [6, 6.07) is 2.34. The maximum absolute atomic E-state index is 6.08. The van der Waals surface area contributed by atoms with E-state index in [9.17, 15) is 0 Å². The highest BCUT2D eigenvalue weighted by Crippen LogP contribution is 2.28. The summed E-state index contributed by atoms with van der Waals surface area (Å²) < 4.78 is 8.24. The number of rotatable bonds is 4. The van der Waals surface area contributed by atoms with Crippen molar-refractivity contribution in [2.24, 2.45) is 0 Å². The van der Waals surface area contributed by atoms with Crippen molar-refractivity contribution in [2.75, 3.05) is 6.61 Å². The van der Waals surface area contributed by atoms with Crippen molar-refractivity contribution in [3.63, 3.8) is 0 Å². The molecule has 1 unspecified atom stereocenters. The maximum atomic E-state index is 6.08. The van der Waals surface area contributed by atoms with Gasteiger partial charge in [-0.2, -0.15) is 0 Å². The van der Waals surface area contributed by atoms with E-state index in [1.165, 1.54) is 0 Å². The van der Waals surface area contributed by atoms with E-state index in [2.05, 4.69) is 55.0 Å². The molecule has 0 aliphatic carbocycles. The van der Waals surface area contributed by atoms with Gasteiger partial charge in [0, 0.05) is 17.8 Å². The standard InChI is InChI=1S/C14H22N3OSi/c1-11(9-18-19(5)14(2,3)4)17-7-6-12-8-15-10-16-13(12)17/h6-8,10-11H,9H2,1-5H3. The molecule has 0 saturated carbocycles. The van der Waals surface area contributed by atoms with Gasteiger partial charge >= 0.3 is 0 Å². The molecule has 4 nitrogen and oxygen atoms in total. The van der Waals surface area contributed by atoms with Crippen molar-refractivity contribution in [1.29, 1.82) is 0 Å². The summed E-state index contributed by atoms with van der Waals surface area (Å²) in [7, 11) is -0.789. The first-order valence-electron chi connectivity index (χ1n) is 6.63. The minimum absolute atomic E-state index is 0.269. The fraction of sp³-hybridized carbons (Fsp3) is 0.571. The largest absolute Gasteiger partial charge is 0.414 e. The Hall–Kier alpha value is -1.20. The van der Waals surface area contributed by atoms with E-state index in [1.807, 2.05) is 12.3 Å². The molecule has 0 fully saturated rings. The highest BCUT2D eigenvalue weighted by atomic mass is 28.3. The zero-order chi connectivity index (χ0) is 14.0. The van der Waals surface area contributed by atoms with Gasteiger partial charge in [0.25, 0.3) is 0 Å². The normalized spacial score (nSPS) is 14.2. The van der Waals surface area contributed by atoms with E-state index in [4.69, 9.17) is 4.43 Å². The highest BCUT2D eigenvalue weighted by molar-refractivity contribution is 6.53. The number of aromatic nitrogens is 3. The lowest BCUT2D eigenvalue weighted by Crippen LogP contribution is -2.28. The number of hydrogen-bond donors (Lipinski definition) is 0. The van der Waals surface area contributed by atoms with Crippen LogP contribution in [0, 0.1) is 0 Å². The molecular formula is C14H22N3OSi. The van der Waals surface area contributed by atoms with Crippen LogP contribution in [0.3, 0.4) is 0 Å². The second kappa shape index (κ2) is 5.42. The van der Waals surface area contributed by atoms with Crippen LogP contribution in [0.4, 0.5) is 0 Å². The summed E-state index contributed by atoms with van der Waals surface area (Å²) >= 11 is 0. The first-order chi connectivity index (χ1) is 8.89. The van der Waals surface area contributed by atoms with Crippen LogP contribution in [0.5, 0.6) is 0 Å². The third kappa shape index (κ3) is 3.22. The molecule has 2 aromatic heterocycles. The number of nitrogens with zero attached hydrogens (tertiary/aromatic N) is 3. The summed E-state index contributed by atoms with van der Waals surface area (Å²) in [5, 5.41) is 1.35. The Morgan fingerprint density at radius 2 is 2.16 bits per heavy atom. The second-order valence-electron chi connectivity index (χ2n) is 5.99. The molecule has 0 aromatic carbocycles. The van der Waals surface area contributed by atoms with Crippen molar-refractivity contribution < 1.29 is 4.43 Å². The quantitative estimate of drug-likeness (QED) is 0.803. The van der Waals surface area contributed by atoms with E-state index < -0.39 is 9.04 Å². The van der Waals surface area contributed by atoms with Crippen LogP contribution in [0.1, 0.15) is 33.7 Å². The molecule has 0 aliphatic rings. The SMILES string of the molecule is CC(CO[Si](C)C(C)(C)C)n1ccc2cncnc21. The Balaban J connectivity index is 2.06. The van der Waals surface area contributed by atoms with Crippen molar-refractivity contribution in [2.45, 2.75) is 45.3 Å². The monoisotopic (exact) mass is 276 g/mol. The van der Waals surface area contributed by atoms with Gasteiger partial charge in [0.1, 0.15) is 12.0 Å². The van der Waals surface area contributed by atoms with Gasteiger partial charge in [0.05, 0.1) is 12.6 Å². The average molecular weight is 276 g/mol. The van der Waals surface area contributed by atoms with Crippen molar-refractivity contribution in [1.82, 2.24) is 14.5 Å². The van der Waals surface area contributed by atoms with Gasteiger partial charge in [-0.3, -0.25) is 0 Å². The Morgan fingerprint density at radius 3 is 2.84 bits per heavy atom. The zero-order valence-corrected chi connectivity index (χ0v) is 13.3. The van der Waals surface area contributed by atoms with Crippen molar-refractivity contribution in [3.8, 4) is 0 Å². The third-order valence-corrected chi connectivity index (χ3v) is 6.16. The molecular weight excluding hydrogens is 254 g/mol. The van der Waals surface area contributed by atoms with Crippen LogP contribution in [-0.2, 0) is 4.43 Å². The van der Waals surface area contributed by atoms with E-state index >= 15 is 0 Å². The lowest BCUT2D eigenvalue weighted by Gasteiger charge is -2.26. The Kier molecular flexibility index (Phi) is 4.06. The van der Waals surface area contributed by atoms with E-state index in [-0.39, 0.29) is 11.1 Å². The third-order valence-electron chi connectivity index (χ3n) is 3.45. The van der Waals surface area contributed by atoms with Crippen LogP contribution in [-0.4, -0.2) is 30.2 Å². The second-order valence-corrected chi connectivity index (χ2v) is 8.89. The minimum Gasteiger partial charge on any atom is -0.414 e. The summed E-state index contributed by atoms with van der Waals surface area (Å²) in [5.74, 6) is 0. The van der Waals surface area contributed by atoms with E-state index in [1.54, 1.807) is 6.33 Å². The molecule has 0 saturated heterocycles. The molecule has 0 N–H and O–H groups in total. The van der Waals surface area contributed by atoms with Crippen LogP contribution in [0.15, 0.2) is 24.8 Å². The van der Waals surface area contributed by atoms with Gasteiger partial charge in [-0.25, -0.2) is 9.97 Å². The molecule has 0 bridgehead atoms. The Bertz CT molecular complexity index is 547. The fourth-order valence-electron chi connectivity index (χ4n) is 1.80. The fourth-order valence-corrected chi connectivity index (χ4v) is 2.72. The number of hydrogen-bond acceptors (Lipinski definition) is 3. The van der Waals surface area contributed by atoms with Crippen LogP contribution >= 0.6 is 0 Å². The van der Waals surface area contributed by atoms with Crippen LogP contribution in [0.2, 0.25) is 11.6 Å². The van der Waals surface area contributed by atoms with Gasteiger partial charge < -0.3 is 8.99 Å². The molecule has 2 aromatic rings. The molecule has 0 amide bonds. The van der Waals surface area contributed by atoms with Gasteiger partial charge in [0.15, 0.2) is 0 Å². The van der Waals surface area contributed by atoms with Crippen LogP contribution < -0.4 is 0 Å². The predicted octanol–water partition coefficient (Wildman–Crippen LogP) is 3.43. The molecule has 1 radical (unpaired) electrons. The van der Waals surface area contributed by atoms with E-state index in [0.29, 0.717) is 0 Å². The summed E-state index contributed by atoms with van der Waals surface area (Å²) in [6.45, 7) is 11.8. The predicted molar refractivity (Wildman–Crippen MR) is 79.5 cm³/mol. The molecule has 0 spiro atoms. The lowest BCUT2D eigenvalue weighted by molar-refractivity contribution is 0.254. The summed E-state index contributed by atoms with van der Waals surface area (Å²) in [5.41, 5.74) is 0.978. The smallest absolute Gasteiger partial charge is 0.213 e. The molecule has 2 rings (SSSR count). The first-order valence-corrected chi connectivity index (χ1v) is 8.54. The van der Waals surface area contributed by atoms with Gasteiger partial charge in [-0.1, -0.05) is 20.8 Å². The lowest BCUT2D eigenvalue weighted by atomic mass is 10.3. The van der Waals surface area contributed by atoms with E-state index in [0.717, 1.165) is 17.6 Å². The first kappa shape index (κ1) is 14.2. The average Bonchev–Trinajstić information content (AvgIpc) is 2.78. The van der Waals surface area contributed by atoms with Crippen LogP contribution in [0.25, 0.3) is 11.0 Å². The molecule has 19 heavy (non-hydrogen) atoms. The van der Waals surface area contributed by atoms with Gasteiger partial charge in [0.2, 0.25) is 9.04 Å². The maximum Gasteiger partial charge on any atom is 0.213 e. The minimum atomic E-state index is -0.789. The van der Waals surface area contributed by atoms with Gasteiger partial charge in [-0.15, -0.1) is 0 Å². The Labute approximate surface area is 116 Å². The molecule has 5 heteroatoms. The Morgan fingerprint density at radius 1 is 1.42 bits per heavy atom. The van der Waals surface area contributed by atoms with Crippen molar-refractivity contribution >= 4 is 20.1 Å². The number of fused-ring (bicyclic) bond motifs is 1. The summed E-state index contributed by atoms with van der Waals surface area (Å²) in [4.78, 5) is 8.38. The summed E-state index contributed by atoms with van der Waals surface area (Å²) in [6.07, 6.45) is 5.50. The highest BCUT2D eigenvalue weighted by Gasteiger charge is 2.24. The molecule has 2 heterocycles.